The number of aromatic nitrogens is 1. The second-order valence-corrected chi connectivity index (χ2v) is 3.23. The van der Waals surface area contributed by atoms with Gasteiger partial charge in [-0.2, -0.15) is 0 Å². The molecule has 5 nitrogen and oxygen atoms in total. The third-order valence-electron chi connectivity index (χ3n) is 1.90. The highest BCUT2D eigenvalue weighted by atomic mass is 19.1. The molecule has 1 rings (SSSR count). The van der Waals surface area contributed by atoms with Gasteiger partial charge in [0.25, 0.3) is 0 Å². The summed E-state index contributed by atoms with van der Waals surface area (Å²) in [4.78, 5) is 36.8. The number of ether oxygens (including phenoxy) is 1. The maximum Gasteiger partial charge on any atom is 0.375 e. The van der Waals surface area contributed by atoms with Crippen LogP contribution in [0.1, 0.15) is 23.8 Å². The van der Waals surface area contributed by atoms with E-state index < -0.39 is 41.3 Å². The van der Waals surface area contributed by atoms with Gasteiger partial charge in [-0.25, -0.2) is 18.6 Å². The highest BCUT2D eigenvalue weighted by molar-refractivity contribution is 6.38. The minimum Gasteiger partial charge on any atom is -0.460 e. The molecule has 18 heavy (non-hydrogen) atoms. The van der Waals surface area contributed by atoms with Crippen molar-refractivity contribution in [3.05, 3.63) is 29.6 Å². The molecule has 0 aliphatic heterocycles. The minimum atomic E-state index is -1.18. The van der Waals surface area contributed by atoms with Gasteiger partial charge in [-0.1, -0.05) is 0 Å². The predicted octanol–water partition coefficient (Wildman–Crippen LogP) is 1.06. The molecule has 0 saturated heterocycles. The second kappa shape index (κ2) is 5.95. The van der Waals surface area contributed by atoms with Crippen molar-refractivity contribution >= 4 is 17.5 Å². The van der Waals surface area contributed by atoms with Crippen LogP contribution in [0.15, 0.2) is 12.3 Å². The summed E-state index contributed by atoms with van der Waals surface area (Å²) in [6, 6.07) is 0.467. The molecule has 0 fully saturated rings. The van der Waals surface area contributed by atoms with Crippen LogP contribution in [-0.4, -0.2) is 29.1 Å². The van der Waals surface area contributed by atoms with Crippen molar-refractivity contribution < 1.29 is 27.9 Å². The Morgan fingerprint density at radius 1 is 1.33 bits per heavy atom. The number of halogens is 2. The van der Waals surface area contributed by atoms with Crippen LogP contribution in [0.4, 0.5) is 8.78 Å². The highest BCUT2D eigenvalue weighted by Gasteiger charge is 2.23. The molecule has 1 heterocycles. The number of esters is 1. The molecule has 0 N–H and O–H groups in total. The van der Waals surface area contributed by atoms with Gasteiger partial charge in [0.15, 0.2) is 11.6 Å². The zero-order valence-corrected chi connectivity index (χ0v) is 9.41. The van der Waals surface area contributed by atoms with Crippen molar-refractivity contribution in [3.63, 3.8) is 0 Å². The Balaban J connectivity index is 2.77. The lowest BCUT2D eigenvalue weighted by Gasteiger charge is -2.01. The number of nitrogens with zero attached hydrogens (tertiary/aromatic N) is 1. The summed E-state index contributed by atoms with van der Waals surface area (Å²) in [5.74, 6) is -5.41. The number of rotatable bonds is 5. The standard InChI is InChI=1S/C11H9F2NO4/c1-2-18-11(17)9(16)4-8(15)10-7(13)3-6(12)5-14-10/h3,5H,2,4H2,1H3. The van der Waals surface area contributed by atoms with Crippen molar-refractivity contribution in [1.29, 1.82) is 0 Å². The molecule has 1 aromatic heterocycles. The van der Waals surface area contributed by atoms with E-state index in [1.54, 1.807) is 0 Å². The highest BCUT2D eigenvalue weighted by Crippen LogP contribution is 2.09. The molecule has 0 aromatic carbocycles. The SMILES string of the molecule is CCOC(=O)C(=O)CC(=O)c1ncc(F)cc1F. The first-order chi connectivity index (χ1) is 8.45. The Morgan fingerprint density at radius 3 is 2.56 bits per heavy atom. The fraction of sp³-hybridized carbons (Fsp3) is 0.273. The Bertz CT molecular complexity index is 502. The third kappa shape index (κ3) is 3.41. The summed E-state index contributed by atoms with van der Waals surface area (Å²) in [5, 5.41) is 0. The summed E-state index contributed by atoms with van der Waals surface area (Å²) < 4.78 is 30.1. The van der Waals surface area contributed by atoms with Crippen molar-refractivity contribution in [3.8, 4) is 0 Å². The summed E-state index contributed by atoms with van der Waals surface area (Å²) >= 11 is 0. The van der Waals surface area contributed by atoms with Crippen LogP contribution >= 0.6 is 0 Å². The van der Waals surface area contributed by atoms with Crippen molar-refractivity contribution in [2.24, 2.45) is 0 Å². The van der Waals surface area contributed by atoms with Crippen LogP contribution in [0.3, 0.4) is 0 Å². The molecular weight excluding hydrogens is 248 g/mol. The normalized spacial score (nSPS) is 9.94. The first kappa shape index (κ1) is 13.9. The number of hydrogen-bond acceptors (Lipinski definition) is 5. The molecule has 1 aromatic rings. The third-order valence-corrected chi connectivity index (χ3v) is 1.90. The van der Waals surface area contributed by atoms with E-state index in [2.05, 4.69) is 9.72 Å². The average Bonchev–Trinajstić information content (AvgIpc) is 2.28. The van der Waals surface area contributed by atoms with Gasteiger partial charge < -0.3 is 4.74 Å². The minimum absolute atomic E-state index is 0.0120. The summed E-state index contributed by atoms with van der Waals surface area (Å²) in [5.41, 5.74) is -0.686. The Labute approximate surface area is 101 Å². The molecular formula is C11H9F2NO4. The van der Waals surface area contributed by atoms with E-state index in [0.29, 0.717) is 12.3 Å². The maximum atomic E-state index is 13.1. The lowest BCUT2D eigenvalue weighted by molar-refractivity contribution is -0.153. The summed E-state index contributed by atoms with van der Waals surface area (Å²) in [6.07, 6.45) is -0.223. The molecule has 0 atom stereocenters. The molecule has 0 aliphatic carbocycles. The molecule has 7 heteroatoms. The van der Waals surface area contributed by atoms with E-state index in [-0.39, 0.29) is 6.61 Å². The van der Waals surface area contributed by atoms with Gasteiger partial charge in [-0.15, -0.1) is 0 Å². The molecule has 0 aliphatic rings. The van der Waals surface area contributed by atoms with Crippen LogP contribution in [-0.2, 0) is 14.3 Å². The first-order valence-electron chi connectivity index (χ1n) is 5.00. The predicted molar refractivity (Wildman–Crippen MR) is 54.7 cm³/mol. The van der Waals surface area contributed by atoms with Crippen molar-refractivity contribution in [2.45, 2.75) is 13.3 Å². The van der Waals surface area contributed by atoms with Crippen LogP contribution in [0.2, 0.25) is 0 Å². The fourth-order valence-electron chi connectivity index (χ4n) is 1.13. The lowest BCUT2D eigenvalue weighted by Crippen LogP contribution is -2.21. The van der Waals surface area contributed by atoms with Gasteiger partial charge in [-0.05, 0) is 6.92 Å². The van der Waals surface area contributed by atoms with E-state index in [0.717, 1.165) is 0 Å². The van der Waals surface area contributed by atoms with Gasteiger partial charge in [0.2, 0.25) is 5.78 Å². The smallest absolute Gasteiger partial charge is 0.375 e. The van der Waals surface area contributed by atoms with E-state index in [9.17, 15) is 23.2 Å². The topological polar surface area (TPSA) is 73.3 Å². The monoisotopic (exact) mass is 257 g/mol. The quantitative estimate of drug-likeness (QED) is 0.341. The molecule has 0 amide bonds. The fourth-order valence-corrected chi connectivity index (χ4v) is 1.13. The van der Waals surface area contributed by atoms with Crippen LogP contribution in [0.25, 0.3) is 0 Å². The summed E-state index contributed by atoms with van der Waals surface area (Å²) in [7, 11) is 0. The average molecular weight is 257 g/mol. The van der Waals surface area contributed by atoms with Gasteiger partial charge in [0.1, 0.15) is 11.5 Å². The zero-order valence-electron chi connectivity index (χ0n) is 9.41. The van der Waals surface area contributed by atoms with E-state index in [1.807, 2.05) is 0 Å². The van der Waals surface area contributed by atoms with Crippen LogP contribution < -0.4 is 0 Å². The number of Topliss-reactive ketones (excluding diaryl/α,β-unsaturated/α-hetero) is 2. The van der Waals surface area contributed by atoms with Crippen molar-refractivity contribution in [2.75, 3.05) is 6.61 Å². The second-order valence-electron chi connectivity index (χ2n) is 3.23. The Kier molecular flexibility index (Phi) is 4.59. The van der Waals surface area contributed by atoms with Crippen molar-refractivity contribution in [1.82, 2.24) is 4.98 Å². The van der Waals surface area contributed by atoms with E-state index >= 15 is 0 Å². The lowest BCUT2D eigenvalue weighted by atomic mass is 10.1. The van der Waals surface area contributed by atoms with Gasteiger partial charge in [0, 0.05) is 6.07 Å². The Morgan fingerprint density at radius 2 is 2.00 bits per heavy atom. The molecule has 0 spiro atoms. The molecule has 0 unspecified atom stereocenters. The zero-order chi connectivity index (χ0) is 13.7. The largest absolute Gasteiger partial charge is 0.460 e. The molecule has 0 radical (unpaired) electrons. The van der Waals surface area contributed by atoms with Gasteiger partial charge in [0.05, 0.1) is 19.2 Å². The number of hydrogen-bond donors (Lipinski definition) is 0. The Hall–Kier alpha value is -2.18. The molecule has 0 bridgehead atoms. The van der Waals surface area contributed by atoms with E-state index in [4.69, 9.17) is 0 Å². The first-order valence-corrected chi connectivity index (χ1v) is 5.00. The summed E-state index contributed by atoms with van der Waals surface area (Å²) in [6.45, 7) is 1.48. The van der Waals surface area contributed by atoms with E-state index in [1.165, 1.54) is 6.92 Å². The number of carbonyl (C=O) groups is 3. The van der Waals surface area contributed by atoms with Gasteiger partial charge >= 0.3 is 5.97 Å². The molecule has 96 valence electrons. The maximum absolute atomic E-state index is 13.1. The number of carbonyl (C=O) groups excluding carboxylic acids is 3. The molecule has 0 saturated carbocycles. The van der Waals surface area contributed by atoms with Crippen LogP contribution in [0, 0.1) is 11.6 Å². The number of pyridine rings is 1. The van der Waals surface area contributed by atoms with Gasteiger partial charge in [-0.3, -0.25) is 9.59 Å². The van der Waals surface area contributed by atoms with Crippen LogP contribution in [0.5, 0.6) is 0 Å². The number of ketones is 2.